The maximum atomic E-state index is 14.3. The van der Waals surface area contributed by atoms with Crippen LogP contribution in [0.15, 0.2) is 65.6 Å². The molecule has 0 radical (unpaired) electrons. The van der Waals surface area contributed by atoms with Gasteiger partial charge in [0.2, 0.25) is 11.8 Å². The maximum Gasteiger partial charge on any atom is 0.264 e. The van der Waals surface area contributed by atoms with Crippen molar-refractivity contribution in [1.29, 1.82) is 0 Å². The summed E-state index contributed by atoms with van der Waals surface area (Å²) >= 11 is 12.6. The molecule has 0 bridgehead atoms. The molecule has 1 atom stereocenters. The molecule has 3 rings (SSSR count). The average Bonchev–Trinajstić information content (AvgIpc) is 2.95. The summed E-state index contributed by atoms with van der Waals surface area (Å²) in [6.45, 7) is 9.22. The Kier molecular flexibility index (Phi) is 11.9. The number of carbonyl (C=O) groups is 2. The Morgan fingerprint density at radius 1 is 0.953 bits per heavy atom. The van der Waals surface area contributed by atoms with Crippen LogP contribution in [-0.2, 0) is 26.2 Å². The van der Waals surface area contributed by atoms with Gasteiger partial charge in [-0.1, -0.05) is 73.8 Å². The fourth-order valence-electron chi connectivity index (χ4n) is 4.52. The van der Waals surface area contributed by atoms with Crippen molar-refractivity contribution in [2.24, 2.45) is 5.92 Å². The second-order valence-corrected chi connectivity index (χ2v) is 13.5. The molecule has 0 saturated heterocycles. The van der Waals surface area contributed by atoms with E-state index in [1.165, 1.54) is 24.1 Å². The number of sulfonamides is 1. The third-order valence-electron chi connectivity index (χ3n) is 6.92. The van der Waals surface area contributed by atoms with E-state index in [4.69, 9.17) is 27.9 Å². The molecule has 3 aromatic carbocycles. The summed E-state index contributed by atoms with van der Waals surface area (Å²) in [6, 6.07) is 15.5. The summed E-state index contributed by atoms with van der Waals surface area (Å²) in [5, 5.41) is 3.66. The van der Waals surface area contributed by atoms with Crippen molar-refractivity contribution in [1.82, 2.24) is 10.2 Å². The van der Waals surface area contributed by atoms with Gasteiger partial charge in [0, 0.05) is 23.1 Å². The lowest BCUT2D eigenvalue weighted by Gasteiger charge is -2.34. The topological polar surface area (TPSA) is 96.0 Å². The van der Waals surface area contributed by atoms with Gasteiger partial charge >= 0.3 is 0 Å². The molecular formula is C32H39Cl2N3O5S. The molecule has 0 aliphatic rings. The Balaban J connectivity index is 2.14. The van der Waals surface area contributed by atoms with E-state index < -0.39 is 28.5 Å². The number of carbonyl (C=O) groups excluding carboxylic acids is 2. The van der Waals surface area contributed by atoms with E-state index >= 15 is 0 Å². The van der Waals surface area contributed by atoms with Crippen LogP contribution in [0.1, 0.15) is 43.9 Å². The Morgan fingerprint density at radius 3 is 2.19 bits per heavy atom. The van der Waals surface area contributed by atoms with Crippen molar-refractivity contribution in [3.8, 4) is 5.75 Å². The first kappa shape index (κ1) is 34.2. The molecule has 0 spiro atoms. The van der Waals surface area contributed by atoms with Gasteiger partial charge in [0.05, 0.1) is 17.7 Å². The maximum absolute atomic E-state index is 14.3. The summed E-state index contributed by atoms with van der Waals surface area (Å²) < 4.78 is 34.9. The van der Waals surface area contributed by atoms with Crippen molar-refractivity contribution in [3.63, 3.8) is 0 Å². The number of amides is 2. The van der Waals surface area contributed by atoms with Crippen LogP contribution in [0.2, 0.25) is 10.0 Å². The lowest BCUT2D eigenvalue weighted by atomic mass is 10.1. The minimum Gasteiger partial charge on any atom is -0.495 e. The quantitative estimate of drug-likeness (QED) is 0.232. The van der Waals surface area contributed by atoms with Crippen LogP contribution in [0, 0.1) is 19.8 Å². The minimum absolute atomic E-state index is 0.0171. The van der Waals surface area contributed by atoms with E-state index in [1.807, 2.05) is 27.7 Å². The van der Waals surface area contributed by atoms with E-state index in [0.29, 0.717) is 28.6 Å². The second kappa shape index (κ2) is 14.9. The first-order valence-electron chi connectivity index (χ1n) is 14.0. The highest BCUT2D eigenvalue weighted by atomic mass is 35.5. The number of nitrogens with one attached hydrogen (secondary N) is 1. The SMILES string of the molecule is CCC(C(=O)NCC(C)C)N(Cc1ccc(Cl)cc1Cl)C(=O)CN(c1cc(C)ccc1OC)S(=O)(=O)c1ccc(C)cc1. The smallest absolute Gasteiger partial charge is 0.264 e. The number of aryl methyl sites for hydroxylation is 2. The monoisotopic (exact) mass is 647 g/mol. The van der Waals surface area contributed by atoms with E-state index in [9.17, 15) is 18.0 Å². The predicted molar refractivity (Wildman–Crippen MR) is 172 cm³/mol. The molecule has 232 valence electrons. The summed E-state index contributed by atoms with van der Waals surface area (Å²) in [5.41, 5.74) is 2.43. The van der Waals surface area contributed by atoms with Gasteiger partial charge in [-0.2, -0.15) is 0 Å². The summed E-state index contributed by atoms with van der Waals surface area (Å²) in [4.78, 5) is 29.1. The number of hydrogen-bond acceptors (Lipinski definition) is 5. The molecule has 1 N–H and O–H groups in total. The van der Waals surface area contributed by atoms with Crippen LogP contribution in [0.3, 0.4) is 0 Å². The highest BCUT2D eigenvalue weighted by Gasteiger charge is 2.35. The zero-order valence-corrected chi connectivity index (χ0v) is 27.7. The second-order valence-electron chi connectivity index (χ2n) is 10.8. The van der Waals surface area contributed by atoms with Gasteiger partial charge in [-0.05, 0) is 73.7 Å². The molecule has 2 amide bonds. The fourth-order valence-corrected chi connectivity index (χ4v) is 6.41. The number of ether oxygens (including phenoxy) is 1. The summed E-state index contributed by atoms with van der Waals surface area (Å²) in [6.07, 6.45) is 0.291. The highest BCUT2D eigenvalue weighted by molar-refractivity contribution is 7.92. The number of hydrogen-bond donors (Lipinski definition) is 1. The van der Waals surface area contributed by atoms with Crippen LogP contribution in [-0.4, -0.2) is 51.4 Å². The van der Waals surface area contributed by atoms with Gasteiger partial charge in [0.25, 0.3) is 10.0 Å². The van der Waals surface area contributed by atoms with E-state index in [1.54, 1.807) is 55.5 Å². The third kappa shape index (κ3) is 8.65. The number of anilines is 1. The molecule has 43 heavy (non-hydrogen) atoms. The van der Waals surface area contributed by atoms with Crippen LogP contribution in [0.25, 0.3) is 0 Å². The zero-order valence-electron chi connectivity index (χ0n) is 25.4. The molecule has 0 aromatic heterocycles. The zero-order chi connectivity index (χ0) is 31.9. The summed E-state index contributed by atoms with van der Waals surface area (Å²) in [5.74, 6) is -0.448. The van der Waals surface area contributed by atoms with E-state index in [0.717, 1.165) is 15.4 Å². The molecule has 1 unspecified atom stereocenters. The van der Waals surface area contributed by atoms with Crippen molar-refractivity contribution in [2.75, 3.05) is 24.5 Å². The molecule has 0 saturated carbocycles. The Morgan fingerprint density at radius 2 is 1.60 bits per heavy atom. The number of nitrogens with zero attached hydrogens (tertiary/aromatic N) is 2. The molecule has 3 aromatic rings. The van der Waals surface area contributed by atoms with E-state index in [-0.39, 0.29) is 34.7 Å². The van der Waals surface area contributed by atoms with Crippen LogP contribution < -0.4 is 14.4 Å². The molecule has 11 heteroatoms. The molecule has 0 aliphatic heterocycles. The van der Waals surface area contributed by atoms with Crippen molar-refractivity contribution < 1.29 is 22.7 Å². The molecule has 0 aliphatic carbocycles. The molecule has 8 nitrogen and oxygen atoms in total. The number of benzene rings is 3. The van der Waals surface area contributed by atoms with Crippen molar-refractivity contribution in [2.45, 2.75) is 58.5 Å². The van der Waals surface area contributed by atoms with Gasteiger partial charge in [-0.25, -0.2) is 8.42 Å². The number of methoxy groups -OCH3 is 1. The Labute approximate surface area is 265 Å². The van der Waals surface area contributed by atoms with Crippen molar-refractivity contribution >= 4 is 50.7 Å². The predicted octanol–water partition coefficient (Wildman–Crippen LogP) is 6.39. The highest BCUT2D eigenvalue weighted by Crippen LogP contribution is 2.34. The van der Waals surface area contributed by atoms with Crippen LogP contribution in [0.4, 0.5) is 5.69 Å². The third-order valence-corrected chi connectivity index (χ3v) is 9.28. The Hall–Kier alpha value is -3.27. The molecular weight excluding hydrogens is 609 g/mol. The van der Waals surface area contributed by atoms with Crippen LogP contribution in [0.5, 0.6) is 5.75 Å². The normalized spacial score (nSPS) is 12.1. The first-order chi connectivity index (χ1) is 20.3. The van der Waals surface area contributed by atoms with Crippen molar-refractivity contribution in [3.05, 3.63) is 87.4 Å². The first-order valence-corrected chi connectivity index (χ1v) is 16.2. The minimum atomic E-state index is -4.25. The van der Waals surface area contributed by atoms with E-state index in [2.05, 4.69) is 5.32 Å². The van der Waals surface area contributed by atoms with Gasteiger partial charge in [0.1, 0.15) is 18.3 Å². The van der Waals surface area contributed by atoms with Gasteiger partial charge in [-0.3, -0.25) is 13.9 Å². The number of halogens is 2. The molecule has 0 fully saturated rings. The van der Waals surface area contributed by atoms with Gasteiger partial charge < -0.3 is 15.0 Å². The largest absolute Gasteiger partial charge is 0.495 e. The molecule has 0 heterocycles. The lowest BCUT2D eigenvalue weighted by molar-refractivity contribution is -0.140. The average molecular weight is 649 g/mol. The summed E-state index contributed by atoms with van der Waals surface area (Å²) in [7, 11) is -2.81. The lowest BCUT2D eigenvalue weighted by Crippen LogP contribution is -2.52. The number of rotatable bonds is 13. The van der Waals surface area contributed by atoms with Gasteiger partial charge in [0.15, 0.2) is 0 Å². The fraction of sp³-hybridized carbons (Fsp3) is 0.375. The Bertz CT molecular complexity index is 1550. The van der Waals surface area contributed by atoms with Gasteiger partial charge in [-0.15, -0.1) is 0 Å². The standard InChI is InChI=1S/C32H39Cl2N3O5S/c1-7-28(32(39)35-18-21(2)3)36(19-24-11-12-25(33)17-27(24)34)31(38)20-37(29-16-23(5)10-15-30(29)42-6)43(40,41)26-13-8-22(4)9-14-26/h8-17,21,28H,7,18-20H2,1-6H3,(H,35,39). The van der Waals surface area contributed by atoms with Crippen LogP contribution >= 0.6 is 23.2 Å².